The maximum atomic E-state index is 12.1. The highest BCUT2D eigenvalue weighted by molar-refractivity contribution is 5.94. The molecule has 1 atom stereocenters. The lowest BCUT2D eigenvalue weighted by molar-refractivity contribution is -0.132. The highest BCUT2D eigenvalue weighted by Gasteiger charge is 2.24. The van der Waals surface area contributed by atoms with Crippen molar-refractivity contribution in [1.29, 1.82) is 0 Å². The maximum Gasteiger partial charge on any atom is 0.251 e. The molecule has 1 aromatic rings. The molecule has 0 bridgehead atoms. The van der Waals surface area contributed by atoms with E-state index in [1.165, 1.54) is 0 Å². The van der Waals surface area contributed by atoms with Crippen molar-refractivity contribution in [3.63, 3.8) is 0 Å². The summed E-state index contributed by atoms with van der Waals surface area (Å²) in [6.07, 6.45) is 2.02. The second-order valence-electron chi connectivity index (χ2n) is 5.22. The number of benzene rings is 1. The van der Waals surface area contributed by atoms with E-state index in [0.29, 0.717) is 31.5 Å². The van der Waals surface area contributed by atoms with Crippen LogP contribution in [0.3, 0.4) is 0 Å². The van der Waals surface area contributed by atoms with Gasteiger partial charge in [0.15, 0.2) is 0 Å². The van der Waals surface area contributed by atoms with Gasteiger partial charge in [-0.15, -0.1) is 0 Å². The third-order valence-electron chi connectivity index (χ3n) is 3.61. The van der Waals surface area contributed by atoms with E-state index >= 15 is 0 Å². The molecule has 0 radical (unpaired) electrons. The molecule has 2 amide bonds. The average molecular weight is 275 g/mol. The van der Waals surface area contributed by atoms with Gasteiger partial charge in [-0.1, -0.05) is 12.1 Å². The topological polar surface area (TPSA) is 75.4 Å². The number of carbonyl (C=O) groups excluding carboxylic acids is 2. The predicted molar refractivity (Wildman–Crippen MR) is 77.3 cm³/mol. The summed E-state index contributed by atoms with van der Waals surface area (Å²) in [4.78, 5) is 25.2. The fourth-order valence-electron chi connectivity index (χ4n) is 2.39. The van der Waals surface area contributed by atoms with E-state index in [2.05, 4.69) is 5.32 Å². The monoisotopic (exact) mass is 275 g/mol. The molecule has 3 N–H and O–H groups in total. The molecule has 1 aliphatic heterocycles. The number of likely N-dealkylation sites (N-methyl/N-ethyl adjacent to an activating group) is 1. The zero-order valence-corrected chi connectivity index (χ0v) is 11.8. The van der Waals surface area contributed by atoms with Crippen LogP contribution in [0, 0.1) is 0 Å². The molecule has 5 heteroatoms. The third kappa shape index (κ3) is 3.57. The normalized spacial score (nSPS) is 19.0. The lowest BCUT2D eigenvalue weighted by Crippen LogP contribution is -2.48. The maximum absolute atomic E-state index is 12.1. The number of nitrogens with zero attached hydrogens (tertiary/aromatic N) is 1. The minimum absolute atomic E-state index is 0.0360. The van der Waals surface area contributed by atoms with E-state index in [0.717, 1.165) is 12.0 Å². The molecule has 0 aromatic heterocycles. The van der Waals surface area contributed by atoms with Gasteiger partial charge in [0.2, 0.25) is 5.91 Å². The van der Waals surface area contributed by atoms with Crippen LogP contribution in [-0.2, 0) is 11.2 Å². The number of likely N-dealkylation sites (tertiary alicyclic amines) is 1. The highest BCUT2D eigenvalue weighted by Crippen LogP contribution is 2.11. The Balaban J connectivity index is 1.92. The first kappa shape index (κ1) is 14.5. The van der Waals surface area contributed by atoms with Crippen LogP contribution < -0.4 is 11.1 Å². The molecule has 0 aliphatic carbocycles. The van der Waals surface area contributed by atoms with Crippen LogP contribution in [0.15, 0.2) is 24.3 Å². The second-order valence-corrected chi connectivity index (χ2v) is 5.22. The molecular weight excluding hydrogens is 254 g/mol. The SMILES string of the molecule is CN1CC(NC(=O)c2ccc(CCN)cc2)CCC1=O. The fraction of sp³-hybridized carbons (Fsp3) is 0.467. The van der Waals surface area contributed by atoms with Crippen LogP contribution in [0.2, 0.25) is 0 Å². The van der Waals surface area contributed by atoms with Crippen molar-refractivity contribution in [3.8, 4) is 0 Å². The summed E-state index contributed by atoms with van der Waals surface area (Å²) in [5.41, 5.74) is 7.27. The molecule has 1 fully saturated rings. The first-order valence-corrected chi connectivity index (χ1v) is 6.94. The smallest absolute Gasteiger partial charge is 0.251 e. The quantitative estimate of drug-likeness (QED) is 0.842. The van der Waals surface area contributed by atoms with E-state index < -0.39 is 0 Å². The second kappa shape index (κ2) is 6.52. The molecule has 0 saturated carbocycles. The lowest BCUT2D eigenvalue weighted by Gasteiger charge is -2.30. The predicted octanol–water partition coefficient (Wildman–Crippen LogP) is 0.538. The number of nitrogens with one attached hydrogen (secondary N) is 1. The van der Waals surface area contributed by atoms with Crippen molar-refractivity contribution in [2.24, 2.45) is 5.73 Å². The summed E-state index contributed by atoms with van der Waals surface area (Å²) in [6.45, 7) is 1.18. The summed E-state index contributed by atoms with van der Waals surface area (Å²) < 4.78 is 0. The Morgan fingerprint density at radius 3 is 2.70 bits per heavy atom. The number of amides is 2. The van der Waals surface area contributed by atoms with Crippen molar-refractivity contribution in [1.82, 2.24) is 10.2 Å². The standard InChI is InChI=1S/C15H21N3O2/c1-18-10-13(6-7-14(18)19)17-15(20)12-4-2-11(3-5-12)8-9-16/h2-5,13H,6-10,16H2,1H3,(H,17,20). The minimum atomic E-state index is -0.0861. The van der Waals surface area contributed by atoms with Gasteiger partial charge in [-0.05, 0) is 37.1 Å². The zero-order chi connectivity index (χ0) is 14.5. The highest BCUT2D eigenvalue weighted by atomic mass is 16.2. The van der Waals surface area contributed by atoms with Crippen LogP contribution >= 0.6 is 0 Å². The molecule has 20 heavy (non-hydrogen) atoms. The number of rotatable bonds is 4. The van der Waals surface area contributed by atoms with Gasteiger partial charge in [0.1, 0.15) is 0 Å². The largest absolute Gasteiger partial charge is 0.348 e. The Labute approximate surface area is 119 Å². The molecule has 1 saturated heterocycles. The Kier molecular flexibility index (Phi) is 4.74. The van der Waals surface area contributed by atoms with Gasteiger partial charge in [-0.25, -0.2) is 0 Å². The van der Waals surface area contributed by atoms with E-state index in [1.54, 1.807) is 11.9 Å². The fourth-order valence-corrected chi connectivity index (χ4v) is 2.39. The Bertz CT molecular complexity index is 484. The molecule has 1 aliphatic rings. The van der Waals surface area contributed by atoms with Gasteiger partial charge in [-0.3, -0.25) is 9.59 Å². The minimum Gasteiger partial charge on any atom is -0.348 e. The zero-order valence-electron chi connectivity index (χ0n) is 11.8. The molecule has 108 valence electrons. The summed E-state index contributed by atoms with van der Waals surface area (Å²) in [5, 5.41) is 2.98. The van der Waals surface area contributed by atoms with Crippen molar-refractivity contribution >= 4 is 11.8 Å². The van der Waals surface area contributed by atoms with Gasteiger partial charge < -0.3 is 16.0 Å². The van der Waals surface area contributed by atoms with Gasteiger partial charge in [0, 0.05) is 31.6 Å². The summed E-state index contributed by atoms with van der Waals surface area (Å²) >= 11 is 0. The molecule has 1 heterocycles. The number of hydrogen-bond donors (Lipinski definition) is 2. The van der Waals surface area contributed by atoms with Crippen LogP contribution in [0.4, 0.5) is 0 Å². The number of nitrogens with two attached hydrogens (primary N) is 1. The van der Waals surface area contributed by atoms with E-state index in [1.807, 2.05) is 24.3 Å². The third-order valence-corrected chi connectivity index (χ3v) is 3.61. The number of piperidine rings is 1. The Hall–Kier alpha value is -1.88. The first-order chi connectivity index (χ1) is 9.60. The molecule has 1 unspecified atom stereocenters. The summed E-state index contributed by atoms with van der Waals surface area (Å²) in [5.74, 6) is 0.0543. The summed E-state index contributed by atoms with van der Waals surface area (Å²) in [7, 11) is 1.77. The van der Waals surface area contributed by atoms with E-state index in [-0.39, 0.29) is 17.9 Å². The molecule has 5 nitrogen and oxygen atoms in total. The number of carbonyl (C=O) groups is 2. The van der Waals surface area contributed by atoms with Crippen molar-refractivity contribution in [2.75, 3.05) is 20.1 Å². The van der Waals surface area contributed by atoms with Crippen LogP contribution in [0.25, 0.3) is 0 Å². The van der Waals surface area contributed by atoms with Gasteiger partial charge in [0.25, 0.3) is 5.91 Å². The average Bonchev–Trinajstić information content (AvgIpc) is 2.44. The molecular formula is C15H21N3O2. The van der Waals surface area contributed by atoms with Crippen LogP contribution in [0.5, 0.6) is 0 Å². The first-order valence-electron chi connectivity index (χ1n) is 6.94. The van der Waals surface area contributed by atoms with E-state index in [4.69, 9.17) is 5.73 Å². The van der Waals surface area contributed by atoms with Crippen LogP contribution in [0.1, 0.15) is 28.8 Å². The molecule has 1 aromatic carbocycles. The molecule has 2 rings (SSSR count). The number of hydrogen-bond acceptors (Lipinski definition) is 3. The van der Waals surface area contributed by atoms with Crippen LogP contribution in [-0.4, -0.2) is 42.9 Å². The lowest BCUT2D eigenvalue weighted by atomic mass is 10.0. The van der Waals surface area contributed by atoms with E-state index in [9.17, 15) is 9.59 Å². The van der Waals surface area contributed by atoms with Crippen molar-refractivity contribution < 1.29 is 9.59 Å². The summed E-state index contributed by atoms with van der Waals surface area (Å²) in [6, 6.07) is 7.53. The Morgan fingerprint density at radius 1 is 1.40 bits per heavy atom. The molecule has 0 spiro atoms. The van der Waals surface area contributed by atoms with Crippen molar-refractivity contribution in [2.45, 2.75) is 25.3 Å². The van der Waals surface area contributed by atoms with Gasteiger partial charge in [-0.2, -0.15) is 0 Å². The Morgan fingerprint density at radius 2 is 2.10 bits per heavy atom. The van der Waals surface area contributed by atoms with Gasteiger partial charge >= 0.3 is 0 Å². The van der Waals surface area contributed by atoms with Crippen molar-refractivity contribution in [3.05, 3.63) is 35.4 Å². The van der Waals surface area contributed by atoms with Gasteiger partial charge in [0.05, 0.1) is 0 Å².